The van der Waals surface area contributed by atoms with Crippen LogP contribution in [0.1, 0.15) is 25.7 Å². The molecule has 0 saturated carbocycles. The number of nitro benzene ring substituents is 1. The molecular formula is C12H16N2O4. The number of nitrogens with one attached hydrogen (secondary N) is 1. The van der Waals surface area contributed by atoms with Crippen LogP contribution in [-0.2, 0) is 4.79 Å². The summed E-state index contributed by atoms with van der Waals surface area (Å²) in [4.78, 5) is 20.6. The van der Waals surface area contributed by atoms with Gasteiger partial charge in [-0.15, -0.1) is 0 Å². The molecule has 1 aromatic rings. The second kappa shape index (κ2) is 7.26. The zero-order valence-electron chi connectivity index (χ0n) is 9.96. The number of carboxylic acid groups (broad SMARTS) is 1. The minimum absolute atomic E-state index is 0.0584. The molecule has 6 heteroatoms. The number of hydrogen-bond donors (Lipinski definition) is 2. The second-order valence-corrected chi connectivity index (χ2v) is 3.91. The Morgan fingerprint density at radius 1 is 1.28 bits per heavy atom. The first-order chi connectivity index (χ1) is 8.61. The van der Waals surface area contributed by atoms with E-state index < -0.39 is 10.9 Å². The number of carboxylic acids is 1. The van der Waals surface area contributed by atoms with Crippen molar-refractivity contribution in [3.8, 4) is 0 Å². The molecule has 0 bridgehead atoms. The first-order valence-electron chi connectivity index (χ1n) is 5.80. The van der Waals surface area contributed by atoms with E-state index in [2.05, 4.69) is 5.32 Å². The van der Waals surface area contributed by atoms with E-state index in [4.69, 9.17) is 5.11 Å². The molecule has 0 heterocycles. The number of hydrogen-bond acceptors (Lipinski definition) is 4. The molecule has 0 unspecified atom stereocenters. The number of carbonyl (C=O) groups is 1. The molecule has 0 radical (unpaired) electrons. The van der Waals surface area contributed by atoms with Gasteiger partial charge in [0.25, 0.3) is 5.69 Å². The Bertz CT molecular complexity index is 420. The van der Waals surface area contributed by atoms with Crippen LogP contribution in [0.4, 0.5) is 11.4 Å². The normalized spacial score (nSPS) is 10.0. The van der Waals surface area contributed by atoms with Gasteiger partial charge in [0.05, 0.1) is 4.92 Å². The minimum atomic E-state index is -0.790. The third-order valence-electron chi connectivity index (χ3n) is 2.48. The van der Waals surface area contributed by atoms with Crippen LogP contribution >= 0.6 is 0 Å². The Kier molecular flexibility index (Phi) is 5.63. The van der Waals surface area contributed by atoms with Gasteiger partial charge in [0.2, 0.25) is 0 Å². The summed E-state index contributed by atoms with van der Waals surface area (Å²) in [6.45, 7) is 0.602. The molecule has 1 aromatic carbocycles. The maximum atomic E-state index is 10.7. The van der Waals surface area contributed by atoms with Crippen LogP contribution in [0.3, 0.4) is 0 Å². The van der Waals surface area contributed by atoms with Crippen LogP contribution in [0.25, 0.3) is 0 Å². The monoisotopic (exact) mass is 252 g/mol. The lowest BCUT2D eigenvalue weighted by Crippen LogP contribution is -2.04. The van der Waals surface area contributed by atoms with Gasteiger partial charge in [0.15, 0.2) is 0 Å². The van der Waals surface area contributed by atoms with Crippen molar-refractivity contribution in [2.24, 2.45) is 0 Å². The molecule has 0 fully saturated rings. The molecule has 18 heavy (non-hydrogen) atoms. The zero-order chi connectivity index (χ0) is 13.4. The quantitative estimate of drug-likeness (QED) is 0.421. The summed E-state index contributed by atoms with van der Waals surface area (Å²) < 4.78 is 0. The van der Waals surface area contributed by atoms with E-state index >= 15 is 0 Å². The van der Waals surface area contributed by atoms with Crippen LogP contribution in [0, 0.1) is 10.1 Å². The van der Waals surface area contributed by atoms with Gasteiger partial charge in [-0.05, 0) is 18.9 Å². The molecule has 0 spiro atoms. The number of benzene rings is 1. The maximum Gasteiger partial charge on any atom is 0.303 e. The topological polar surface area (TPSA) is 92.5 Å². The predicted octanol–water partition coefficient (Wildman–Crippen LogP) is 2.65. The number of aliphatic carboxylic acids is 1. The van der Waals surface area contributed by atoms with Crippen molar-refractivity contribution >= 4 is 17.3 Å². The number of para-hydroxylation sites is 2. The van der Waals surface area contributed by atoms with E-state index in [-0.39, 0.29) is 12.1 Å². The lowest BCUT2D eigenvalue weighted by molar-refractivity contribution is -0.384. The average Bonchev–Trinajstić information content (AvgIpc) is 2.33. The number of unbranched alkanes of at least 4 members (excludes halogenated alkanes) is 2. The molecule has 6 nitrogen and oxygen atoms in total. The van der Waals surface area contributed by atoms with Gasteiger partial charge in [-0.1, -0.05) is 18.6 Å². The van der Waals surface area contributed by atoms with Crippen LogP contribution in [-0.4, -0.2) is 22.5 Å². The Balaban J connectivity index is 2.31. The summed E-state index contributed by atoms with van der Waals surface area (Å²) in [6, 6.07) is 6.47. The summed E-state index contributed by atoms with van der Waals surface area (Å²) in [6.07, 6.45) is 2.39. The molecule has 1 rings (SSSR count). The summed E-state index contributed by atoms with van der Waals surface area (Å²) in [7, 11) is 0. The number of nitro groups is 1. The Labute approximate surface area is 105 Å². The van der Waals surface area contributed by atoms with E-state index in [1.54, 1.807) is 18.2 Å². The largest absolute Gasteiger partial charge is 0.481 e. The lowest BCUT2D eigenvalue weighted by Gasteiger charge is -2.06. The molecule has 0 aliphatic carbocycles. The van der Waals surface area contributed by atoms with Crippen LogP contribution in [0.2, 0.25) is 0 Å². The number of nitrogens with zero attached hydrogens (tertiary/aromatic N) is 1. The van der Waals surface area contributed by atoms with Crippen molar-refractivity contribution < 1.29 is 14.8 Å². The van der Waals surface area contributed by atoms with Crippen LogP contribution < -0.4 is 5.32 Å². The molecule has 0 atom stereocenters. The third kappa shape index (κ3) is 4.82. The van der Waals surface area contributed by atoms with Gasteiger partial charge in [-0.3, -0.25) is 14.9 Å². The van der Waals surface area contributed by atoms with E-state index in [1.807, 2.05) is 0 Å². The summed E-state index contributed by atoms with van der Waals surface area (Å²) in [5.74, 6) is -0.790. The highest BCUT2D eigenvalue weighted by atomic mass is 16.6. The third-order valence-corrected chi connectivity index (χ3v) is 2.48. The Hall–Kier alpha value is -2.11. The fourth-order valence-electron chi connectivity index (χ4n) is 1.58. The SMILES string of the molecule is O=C(O)CCCCCNc1ccccc1[N+](=O)[O-]. The van der Waals surface area contributed by atoms with Gasteiger partial charge in [0, 0.05) is 19.0 Å². The standard InChI is InChI=1S/C12H16N2O4/c15-12(16)8-2-1-5-9-13-10-6-3-4-7-11(10)14(17)18/h3-4,6-7,13H,1-2,5,8-9H2,(H,15,16). The van der Waals surface area contributed by atoms with Crippen molar-refractivity contribution in [3.63, 3.8) is 0 Å². The van der Waals surface area contributed by atoms with Crippen LogP contribution in [0.15, 0.2) is 24.3 Å². The zero-order valence-corrected chi connectivity index (χ0v) is 9.96. The van der Waals surface area contributed by atoms with Gasteiger partial charge in [-0.2, -0.15) is 0 Å². The highest BCUT2D eigenvalue weighted by molar-refractivity contribution is 5.66. The first kappa shape index (κ1) is 14.0. The summed E-state index contributed by atoms with van der Waals surface area (Å²) in [5, 5.41) is 22.2. The highest BCUT2D eigenvalue weighted by Crippen LogP contribution is 2.22. The van der Waals surface area contributed by atoms with Crippen molar-refractivity contribution in [3.05, 3.63) is 34.4 Å². The van der Waals surface area contributed by atoms with Crippen molar-refractivity contribution in [1.82, 2.24) is 0 Å². The van der Waals surface area contributed by atoms with E-state index in [0.717, 1.165) is 12.8 Å². The minimum Gasteiger partial charge on any atom is -0.481 e. The second-order valence-electron chi connectivity index (χ2n) is 3.91. The predicted molar refractivity (Wildman–Crippen MR) is 67.7 cm³/mol. The Morgan fingerprint density at radius 3 is 2.67 bits per heavy atom. The van der Waals surface area contributed by atoms with Crippen molar-refractivity contribution in [2.75, 3.05) is 11.9 Å². The van der Waals surface area contributed by atoms with E-state index in [1.165, 1.54) is 6.07 Å². The van der Waals surface area contributed by atoms with Gasteiger partial charge < -0.3 is 10.4 Å². The number of rotatable bonds is 8. The van der Waals surface area contributed by atoms with Crippen molar-refractivity contribution in [2.45, 2.75) is 25.7 Å². The lowest BCUT2D eigenvalue weighted by atomic mass is 10.2. The van der Waals surface area contributed by atoms with Crippen molar-refractivity contribution in [1.29, 1.82) is 0 Å². The van der Waals surface area contributed by atoms with Gasteiger partial charge in [0.1, 0.15) is 5.69 Å². The first-order valence-corrected chi connectivity index (χ1v) is 5.80. The van der Waals surface area contributed by atoms with E-state index in [9.17, 15) is 14.9 Å². The molecular weight excluding hydrogens is 236 g/mol. The molecule has 0 aliphatic heterocycles. The van der Waals surface area contributed by atoms with Gasteiger partial charge >= 0.3 is 5.97 Å². The molecule has 0 saturated heterocycles. The fourth-order valence-corrected chi connectivity index (χ4v) is 1.58. The Morgan fingerprint density at radius 2 is 2.00 bits per heavy atom. The molecule has 2 N–H and O–H groups in total. The highest BCUT2D eigenvalue weighted by Gasteiger charge is 2.10. The summed E-state index contributed by atoms with van der Waals surface area (Å²) >= 11 is 0. The van der Waals surface area contributed by atoms with Crippen LogP contribution in [0.5, 0.6) is 0 Å². The molecule has 0 aromatic heterocycles. The molecule has 98 valence electrons. The maximum absolute atomic E-state index is 10.7. The van der Waals surface area contributed by atoms with Gasteiger partial charge in [-0.25, -0.2) is 0 Å². The smallest absolute Gasteiger partial charge is 0.303 e. The number of anilines is 1. The fraction of sp³-hybridized carbons (Fsp3) is 0.417. The molecule has 0 aliphatic rings. The summed E-state index contributed by atoms with van der Waals surface area (Å²) in [5.41, 5.74) is 0.559. The average molecular weight is 252 g/mol. The van der Waals surface area contributed by atoms with E-state index in [0.29, 0.717) is 18.7 Å². The molecule has 0 amide bonds.